The number of hydrogen-bond donors (Lipinski definition) is 2. The number of anilines is 1. The van der Waals surface area contributed by atoms with Crippen LogP contribution in [0.25, 0.3) is 0 Å². The molecule has 0 aromatic heterocycles. The fourth-order valence-corrected chi connectivity index (χ4v) is 2.64. The molecule has 1 saturated heterocycles. The summed E-state index contributed by atoms with van der Waals surface area (Å²) in [6, 6.07) is 5.45. The first-order valence-electron chi connectivity index (χ1n) is 7.73. The van der Waals surface area contributed by atoms with Crippen LogP contribution in [-0.4, -0.2) is 29.8 Å². The molecule has 0 aliphatic carbocycles. The average molecular weight is 294 g/mol. The lowest BCUT2D eigenvalue weighted by atomic mass is 9.96. The van der Waals surface area contributed by atoms with E-state index in [1.807, 2.05) is 24.0 Å². The van der Waals surface area contributed by atoms with Crippen molar-refractivity contribution in [3.8, 4) is 0 Å². The number of rotatable bonds is 3. The number of aliphatic hydroxyl groups excluding tert-OH is 1. The van der Waals surface area contributed by atoms with Gasteiger partial charge in [0.2, 0.25) is 0 Å². The highest BCUT2D eigenvalue weighted by Gasteiger charge is 2.25. The van der Waals surface area contributed by atoms with Crippen LogP contribution >= 0.6 is 0 Å². The molecule has 1 heterocycles. The molecule has 2 atom stereocenters. The second-order valence-electron chi connectivity index (χ2n) is 7.17. The third-order valence-corrected chi connectivity index (χ3v) is 4.04. The van der Waals surface area contributed by atoms with E-state index in [2.05, 4.69) is 26.1 Å². The number of benzene rings is 1. The Morgan fingerprint density at radius 3 is 2.67 bits per heavy atom. The van der Waals surface area contributed by atoms with Crippen LogP contribution < -0.4 is 10.2 Å². The number of piperidine rings is 1. The van der Waals surface area contributed by atoms with Gasteiger partial charge in [-0.15, -0.1) is 0 Å². The van der Waals surface area contributed by atoms with E-state index in [1.165, 1.54) is 0 Å². The van der Waals surface area contributed by atoms with Crippen molar-refractivity contribution in [1.29, 1.82) is 0 Å². The maximum absolute atomic E-state index is 14.3. The quantitative estimate of drug-likeness (QED) is 0.900. The molecular formula is C17H27FN2O. The van der Waals surface area contributed by atoms with Gasteiger partial charge >= 0.3 is 0 Å². The van der Waals surface area contributed by atoms with Gasteiger partial charge in [0.15, 0.2) is 0 Å². The Morgan fingerprint density at radius 2 is 2.10 bits per heavy atom. The molecule has 4 heteroatoms. The molecule has 3 nitrogen and oxygen atoms in total. The van der Waals surface area contributed by atoms with Crippen LogP contribution in [0.4, 0.5) is 10.1 Å². The molecule has 0 bridgehead atoms. The molecule has 2 unspecified atom stereocenters. The van der Waals surface area contributed by atoms with Gasteiger partial charge in [-0.3, -0.25) is 0 Å². The van der Waals surface area contributed by atoms with Crippen LogP contribution in [0.2, 0.25) is 0 Å². The lowest BCUT2D eigenvalue weighted by Crippen LogP contribution is -2.42. The molecule has 0 radical (unpaired) electrons. The van der Waals surface area contributed by atoms with Crippen molar-refractivity contribution in [1.82, 2.24) is 5.32 Å². The number of nitrogens with zero attached hydrogens (tertiary/aromatic N) is 1. The topological polar surface area (TPSA) is 35.5 Å². The predicted molar refractivity (Wildman–Crippen MR) is 85.0 cm³/mol. The Bertz CT molecular complexity index is 484. The van der Waals surface area contributed by atoms with Gasteiger partial charge in [0.25, 0.3) is 0 Å². The second-order valence-corrected chi connectivity index (χ2v) is 7.17. The zero-order chi connectivity index (χ0) is 15.6. The number of hydrogen-bond acceptors (Lipinski definition) is 3. The highest BCUT2D eigenvalue weighted by molar-refractivity contribution is 5.49. The van der Waals surface area contributed by atoms with Gasteiger partial charge < -0.3 is 15.3 Å². The van der Waals surface area contributed by atoms with Crippen molar-refractivity contribution in [3.63, 3.8) is 0 Å². The lowest BCUT2D eigenvalue weighted by Gasteiger charge is -2.36. The molecule has 21 heavy (non-hydrogen) atoms. The van der Waals surface area contributed by atoms with Crippen LogP contribution in [0.5, 0.6) is 0 Å². The first kappa shape index (κ1) is 16.2. The highest BCUT2D eigenvalue weighted by atomic mass is 19.1. The molecule has 118 valence electrons. The molecule has 1 aliphatic heterocycles. The summed E-state index contributed by atoms with van der Waals surface area (Å²) in [6.07, 6.45) is 0.438. The van der Waals surface area contributed by atoms with Gasteiger partial charge in [-0.2, -0.15) is 0 Å². The van der Waals surface area contributed by atoms with E-state index in [1.54, 1.807) is 6.07 Å². The number of aliphatic hydroxyl groups is 1. The SMILES string of the molecule is CC1CN(c2ccc(CNC(C)(C)C)cc2F)CCC1O. The third-order valence-electron chi connectivity index (χ3n) is 4.04. The maximum Gasteiger partial charge on any atom is 0.146 e. The van der Waals surface area contributed by atoms with E-state index in [4.69, 9.17) is 0 Å². The summed E-state index contributed by atoms with van der Waals surface area (Å²) in [5.74, 6) is 0.00665. The summed E-state index contributed by atoms with van der Waals surface area (Å²) in [7, 11) is 0. The van der Waals surface area contributed by atoms with E-state index in [9.17, 15) is 9.50 Å². The van der Waals surface area contributed by atoms with E-state index in [0.717, 1.165) is 5.56 Å². The lowest BCUT2D eigenvalue weighted by molar-refractivity contribution is 0.0969. The minimum Gasteiger partial charge on any atom is -0.393 e. The van der Waals surface area contributed by atoms with Crippen molar-refractivity contribution < 1.29 is 9.50 Å². The van der Waals surface area contributed by atoms with Gasteiger partial charge in [-0.05, 0) is 50.8 Å². The van der Waals surface area contributed by atoms with Crippen LogP contribution in [-0.2, 0) is 6.54 Å². The molecule has 1 fully saturated rings. The van der Waals surface area contributed by atoms with Crippen molar-refractivity contribution in [2.45, 2.75) is 52.3 Å². The number of nitrogens with one attached hydrogen (secondary N) is 1. The summed E-state index contributed by atoms with van der Waals surface area (Å²) in [4.78, 5) is 2.04. The van der Waals surface area contributed by atoms with Gasteiger partial charge in [-0.1, -0.05) is 13.0 Å². The monoisotopic (exact) mass is 294 g/mol. The fraction of sp³-hybridized carbons (Fsp3) is 0.647. The molecule has 2 rings (SSSR count). The van der Waals surface area contributed by atoms with Crippen molar-refractivity contribution in [3.05, 3.63) is 29.6 Å². The van der Waals surface area contributed by atoms with Gasteiger partial charge in [0.1, 0.15) is 5.82 Å². The summed E-state index contributed by atoms with van der Waals surface area (Å²) in [6.45, 7) is 10.4. The van der Waals surface area contributed by atoms with Crippen LogP contribution in [0.15, 0.2) is 18.2 Å². The Hall–Kier alpha value is -1.13. The zero-order valence-corrected chi connectivity index (χ0v) is 13.5. The molecule has 0 amide bonds. The standard InChI is InChI=1S/C17H27FN2O/c1-12-11-20(8-7-16(12)21)15-6-5-13(9-14(15)18)10-19-17(2,3)4/h5-6,9,12,16,19,21H,7-8,10-11H2,1-4H3. The summed E-state index contributed by atoms with van der Waals surface area (Å²) in [5, 5.41) is 13.1. The van der Waals surface area contributed by atoms with E-state index in [0.29, 0.717) is 31.7 Å². The minimum atomic E-state index is -0.264. The largest absolute Gasteiger partial charge is 0.393 e. The molecule has 1 aliphatic rings. The van der Waals surface area contributed by atoms with Crippen LogP contribution in [0.3, 0.4) is 0 Å². The Balaban J connectivity index is 2.05. The molecular weight excluding hydrogens is 267 g/mol. The minimum absolute atomic E-state index is 0.0214. The first-order valence-corrected chi connectivity index (χ1v) is 7.73. The number of halogens is 1. The zero-order valence-electron chi connectivity index (χ0n) is 13.5. The summed E-state index contributed by atoms with van der Waals surface area (Å²) in [5.41, 5.74) is 1.62. The van der Waals surface area contributed by atoms with E-state index in [-0.39, 0.29) is 23.4 Å². The van der Waals surface area contributed by atoms with Gasteiger partial charge in [-0.25, -0.2) is 4.39 Å². The molecule has 0 spiro atoms. The normalized spacial score (nSPS) is 23.4. The Kier molecular flexibility index (Phi) is 4.89. The van der Waals surface area contributed by atoms with E-state index >= 15 is 0 Å². The first-order chi connectivity index (χ1) is 9.76. The van der Waals surface area contributed by atoms with Crippen LogP contribution in [0, 0.1) is 11.7 Å². The Labute approximate surface area is 127 Å². The molecule has 1 aromatic carbocycles. The summed E-state index contributed by atoms with van der Waals surface area (Å²) < 4.78 is 14.3. The molecule has 1 aromatic rings. The highest BCUT2D eigenvalue weighted by Crippen LogP contribution is 2.26. The van der Waals surface area contributed by atoms with Crippen molar-refractivity contribution >= 4 is 5.69 Å². The van der Waals surface area contributed by atoms with Crippen molar-refractivity contribution in [2.75, 3.05) is 18.0 Å². The molecule has 0 saturated carbocycles. The Morgan fingerprint density at radius 1 is 1.38 bits per heavy atom. The van der Waals surface area contributed by atoms with Crippen molar-refractivity contribution in [2.24, 2.45) is 5.92 Å². The summed E-state index contributed by atoms with van der Waals surface area (Å²) >= 11 is 0. The predicted octanol–water partition coefficient (Wildman–Crippen LogP) is 2.92. The van der Waals surface area contributed by atoms with Gasteiger partial charge in [0, 0.05) is 25.2 Å². The third kappa shape index (κ3) is 4.42. The van der Waals surface area contributed by atoms with Gasteiger partial charge in [0.05, 0.1) is 11.8 Å². The molecule has 2 N–H and O–H groups in total. The fourth-order valence-electron chi connectivity index (χ4n) is 2.64. The smallest absolute Gasteiger partial charge is 0.146 e. The average Bonchev–Trinajstić information content (AvgIpc) is 2.39. The maximum atomic E-state index is 14.3. The van der Waals surface area contributed by atoms with E-state index < -0.39 is 0 Å². The van der Waals surface area contributed by atoms with Crippen LogP contribution in [0.1, 0.15) is 39.7 Å². The second kappa shape index (κ2) is 6.32.